The first kappa shape index (κ1) is 16.6. The van der Waals surface area contributed by atoms with Crippen LogP contribution in [0, 0.1) is 11.6 Å². The number of carbonyl (C=O) groups excluding carboxylic acids is 1. The quantitative estimate of drug-likeness (QED) is 0.658. The number of amides is 1. The third-order valence-corrected chi connectivity index (χ3v) is 4.29. The summed E-state index contributed by atoms with van der Waals surface area (Å²) in [5.41, 5.74) is -0.0361. The molecular weight excluding hydrogens is 332 g/mol. The maximum atomic E-state index is 13.6. The van der Waals surface area contributed by atoms with Gasteiger partial charge in [0.15, 0.2) is 11.6 Å². The monoisotopic (exact) mass is 343 g/mol. The van der Waals surface area contributed by atoms with Crippen molar-refractivity contribution in [2.24, 2.45) is 0 Å². The van der Waals surface area contributed by atoms with Gasteiger partial charge in [0.1, 0.15) is 4.32 Å². The highest BCUT2D eigenvalue weighted by Crippen LogP contribution is 2.33. The predicted molar refractivity (Wildman–Crippen MR) is 83.1 cm³/mol. The molecule has 0 aromatic heterocycles. The van der Waals surface area contributed by atoms with Gasteiger partial charge in [0.05, 0.1) is 4.91 Å². The molecule has 1 aromatic carbocycles. The highest BCUT2D eigenvalue weighted by Gasteiger charge is 2.31. The molecule has 0 bridgehead atoms. The molecule has 1 amide bonds. The van der Waals surface area contributed by atoms with Gasteiger partial charge in [0, 0.05) is 18.5 Å². The molecule has 0 aliphatic carbocycles. The van der Waals surface area contributed by atoms with Crippen LogP contribution in [0.15, 0.2) is 23.1 Å². The molecule has 0 atom stereocenters. The second-order valence-corrected chi connectivity index (χ2v) is 6.15. The van der Waals surface area contributed by atoms with Crippen LogP contribution in [-0.2, 0) is 9.59 Å². The fraction of sp³-hybridized carbons (Fsp3) is 0.214. The molecule has 1 aliphatic heterocycles. The Morgan fingerprint density at radius 2 is 2.14 bits per heavy atom. The topological polar surface area (TPSA) is 57.6 Å². The average molecular weight is 343 g/mol. The van der Waals surface area contributed by atoms with Crippen molar-refractivity contribution in [1.82, 2.24) is 4.90 Å². The van der Waals surface area contributed by atoms with E-state index in [0.717, 1.165) is 17.8 Å². The number of nitrogens with zero attached hydrogens (tertiary/aromatic N) is 1. The molecule has 0 radical (unpaired) electrons. The average Bonchev–Trinajstić information content (AvgIpc) is 2.71. The summed E-state index contributed by atoms with van der Waals surface area (Å²) in [6.07, 6.45) is 1.44. The molecule has 1 fully saturated rings. The lowest BCUT2D eigenvalue weighted by Gasteiger charge is -2.13. The Hall–Kier alpha value is -1.80. The minimum absolute atomic E-state index is 0.0361. The van der Waals surface area contributed by atoms with Gasteiger partial charge in [0.2, 0.25) is 0 Å². The van der Waals surface area contributed by atoms with Crippen LogP contribution in [0.3, 0.4) is 0 Å². The highest BCUT2D eigenvalue weighted by atomic mass is 32.2. The maximum absolute atomic E-state index is 13.6. The van der Waals surface area contributed by atoms with E-state index in [2.05, 4.69) is 0 Å². The molecule has 0 unspecified atom stereocenters. The summed E-state index contributed by atoms with van der Waals surface area (Å²) in [5.74, 6) is -3.41. The van der Waals surface area contributed by atoms with E-state index in [4.69, 9.17) is 17.3 Å². The van der Waals surface area contributed by atoms with E-state index < -0.39 is 23.5 Å². The number of thioether (sulfide) groups is 1. The first-order valence-corrected chi connectivity index (χ1v) is 7.54. The van der Waals surface area contributed by atoms with E-state index in [1.165, 1.54) is 23.1 Å². The lowest BCUT2D eigenvalue weighted by molar-refractivity contribution is -0.137. The number of carboxylic acids is 1. The van der Waals surface area contributed by atoms with E-state index in [0.29, 0.717) is 0 Å². The van der Waals surface area contributed by atoms with Crippen LogP contribution >= 0.6 is 24.0 Å². The van der Waals surface area contributed by atoms with Gasteiger partial charge < -0.3 is 5.11 Å². The van der Waals surface area contributed by atoms with Crippen molar-refractivity contribution >= 4 is 46.3 Å². The number of carboxylic acid groups (broad SMARTS) is 1. The number of benzene rings is 1. The molecule has 8 heteroatoms. The fourth-order valence-electron chi connectivity index (χ4n) is 1.85. The molecule has 0 saturated carbocycles. The molecule has 2 rings (SSSR count). The molecule has 116 valence electrons. The Kier molecular flexibility index (Phi) is 5.25. The SMILES string of the molecule is O=C(O)CCCN1C(=O)/C(=C/c2cccc(F)c2F)SC1=S. The summed E-state index contributed by atoms with van der Waals surface area (Å²) in [4.78, 5) is 24.1. The second-order valence-electron chi connectivity index (χ2n) is 4.47. The van der Waals surface area contributed by atoms with Crippen LogP contribution < -0.4 is 0 Å². The van der Waals surface area contributed by atoms with Crippen molar-refractivity contribution in [2.75, 3.05) is 6.54 Å². The number of hydrogen-bond acceptors (Lipinski definition) is 4. The summed E-state index contributed by atoms with van der Waals surface area (Å²) >= 11 is 6.04. The number of hydrogen-bond donors (Lipinski definition) is 1. The fourth-order valence-corrected chi connectivity index (χ4v) is 3.15. The minimum Gasteiger partial charge on any atom is -0.481 e. The zero-order chi connectivity index (χ0) is 16.3. The van der Waals surface area contributed by atoms with Gasteiger partial charge >= 0.3 is 5.97 Å². The van der Waals surface area contributed by atoms with Gasteiger partial charge in [-0.3, -0.25) is 14.5 Å². The highest BCUT2D eigenvalue weighted by molar-refractivity contribution is 8.26. The van der Waals surface area contributed by atoms with E-state index in [-0.39, 0.29) is 34.2 Å². The second kappa shape index (κ2) is 6.97. The summed E-state index contributed by atoms with van der Waals surface area (Å²) in [7, 11) is 0. The number of halogens is 2. The van der Waals surface area contributed by atoms with Crippen molar-refractivity contribution in [3.05, 3.63) is 40.3 Å². The molecule has 1 aromatic rings. The molecule has 1 saturated heterocycles. The Labute approximate surface area is 134 Å². The van der Waals surface area contributed by atoms with E-state index in [1.807, 2.05) is 0 Å². The van der Waals surface area contributed by atoms with Gasteiger partial charge in [-0.25, -0.2) is 8.78 Å². The Morgan fingerprint density at radius 1 is 1.41 bits per heavy atom. The van der Waals surface area contributed by atoms with Crippen molar-refractivity contribution < 1.29 is 23.5 Å². The van der Waals surface area contributed by atoms with Gasteiger partial charge in [-0.15, -0.1) is 0 Å². The first-order chi connectivity index (χ1) is 10.4. The van der Waals surface area contributed by atoms with E-state index in [1.54, 1.807) is 0 Å². The van der Waals surface area contributed by atoms with Gasteiger partial charge in [0.25, 0.3) is 5.91 Å². The van der Waals surface area contributed by atoms with Crippen LogP contribution in [0.25, 0.3) is 6.08 Å². The van der Waals surface area contributed by atoms with Gasteiger partial charge in [-0.2, -0.15) is 0 Å². The Morgan fingerprint density at radius 3 is 2.82 bits per heavy atom. The van der Waals surface area contributed by atoms with Crippen molar-refractivity contribution in [3.63, 3.8) is 0 Å². The van der Waals surface area contributed by atoms with Crippen LogP contribution in [0.5, 0.6) is 0 Å². The first-order valence-electron chi connectivity index (χ1n) is 6.31. The number of carbonyl (C=O) groups is 2. The van der Waals surface area contributed by atoms with E-state index >= 15 is 0 Å². The standard InChI is InChI=1S/C14H11F2NO3S2/c15-9-4-1-3-8(12(9)16)7-10-13(20)17(14(21)22-10)6-2-5-11(18)19/h1,3-4,7H,2,5-6H2,(H,18,19)/b10-7-. The predicted octanol–water partition coefficient (Wildman–Crippen LogP) is 3.03. The zero-order valence-electron chi connectivity index (χ0n) is 11.2. The number of thiocarbonyl (C=S) groups is 1. The van der Waals surface area contributed by atoms with E-state index in [9.17, 15) is 18.4 Å². The molecule has 4 nitrogen and oxygen atoms in total. The summed E-state index contributed by atoms with van der Waals surface area (Å²) in [5, 5.41) is 8.59. The number of aliphatic carboxylic acids is 1. The molecule has 1 N–H and O–H groups in total. The summed E-state index contributed by atoms with van der Waals surface area (Å²) in [6.45, 7) is 0.180. The normalized spacial score (nSPS) is 16.6. The van der Waals surface area contributed by atoms with Gasteiger partial charge in [-0.05, 0) is 18.6 Å². The molecular formula is C14H11F2NO3S2. The Balaban J connectivity index is 2.15. The lowest BCUT2D eigenvalue weighted by Crippen LogP contribution is -2.29. The van der Waals surface area contributed by atoms with Crippen molar-refractivity contribution in [1.29, 1.82) is 0 Å². The van der Waals surface area contributed by atoms with Gasteiger partial charge in [-0.1, -0.05) is 36.1 Å². The summed E-state index contributed by atoms with van der Waals surface area (Å²) < 4.78 is 27.1. The lowest BCUT2D eigenvalue weighted by atomic mass is 10.2. The van der Waals surface area contributed by atoms with Crippen molar-refractivity contribution in [3.8, 4) is 0 Å². The van der Waals surface area contributed by atoms with Crippen LogP contribution in [0.2, 0.25) is 0 Å². The molecule has 22 heavy (non-hydrogen) atoms. The third-order valence-electron chi connectivity index (χ3n) is 2.91. The van der Waals surface area contributed by atoms with Crippen molar-refractivity contribution in [2.45, 2.75) is 12.8 Å². The molecule has 1 aliphatic rings. The zero-order valence-corrected chi connectivity index (χ0v) is 12.8. The van der Waals surface area contributed by atoms with Crippen LogP contribution in [0.4, 0.5) is 8.78 Å². The smallest absolute Gasteiger partial charge is 0.303 e. The Bertz CT molecular complexity index is 676. The molecule has 1 heterocycles. The van der Waals surface area contributed by atoms with Crippen LogP contribution in [0.1, 0.15) is 18.4 Å². The minimum atomic E-state index is -1.03. The maximum Gasteiger partial charge on any atom is 0.303 e. The largest absolute Gasteiger partial charge is 0.481 e. The molecule has 0 spiro atoms. The number of rotatable bonds is 5. The summed E-state index contributed by atoms with van der Waals surface area (Å²) in [6, 6.07) is 3.69. The third kappa shape index (κ3) is 3.69. The van der Waals surface area contributed by atoms with Crippen LogP contribution in [-0.4, -0.2) is 32.7 Å².